The van der Waals surface area contributed by atoms with Crippen LogP contribution in [0.3, 0.4) is 0 Å². The number of carbonyl (C=O) groups is 2. The lowest BCUT2D eigenvalue weighted by atomic mass is 10.1. The first-order chi connectivity index (χ1) is 7.68. The highest BCUT2D eigenvalue weighted by Gasteiger charge is 2.26. The van der Waals surface area contributed by atoms with Gasteiger partial charge >= 0.3 is 0 Å². The van der Waals surface area contributed by atoms with Gasteiger partial charge < -0.3 is 10.1 Å². The number of para-hydroxylation sites is 1. The van der Waals surface area contributed by atoms with Crippen LogP contribution in [-0.2, 0) is 4.79 Å². The Morgan fingerprint density at radius 2 is 2.19 bits per heavy atom. The Bertz CT molecular complexity index is 428. The molecule has 4 nitrogen and oxygen atoms in total. The molecule has 1 aromatic rings. The van der Waals surface area contributed by atoms with E-state index in [4.69, 9.17) is 4.74 Å². The molecule has 84 valence electrons. The molecule has 1 fully saturated rings. The summed E-state index contributed by atoms with van der Waals surface area (Å²) in [5.74, 6) is 0.310. The number of ketones is 1. The fraction of sp³-hybridized carbons (Fsp3) is 0.333. The van der Waals surface area contributed by atoms with Gasteiger partial charge in [0, 0.05) is 13.0 Å². The van der Waals surface area contributed by atoms with Crippen LogP contribution in [0.1, 0.15) is 23.7 Å². The molecule has 1 unspecified atom stereocenters. The summed E-state index contributed by atoms with van der Waals surface area (Å²) in [5.41, 5.74) is 0.516. The number of hydrogen-bond acceptors (Lipinski definition) is 3. The second-order valence-electron chi connectivity index (χ2n) is 3.74. The zero-order valence-corrected chi connectivity index (χ0v) is 9.03. The molecular weight excluding hydrogens is 206 g/mol. The van der Waals surface area contributed by atoms with Crippen LogP contribution >= 0.6 is 0 Å². The second-order valence-corrected chi connectivity index (χ2v) is 3.74. The molecule has 0 spiro atoms. The Kier molecular flexibility index (Phi) is 2.90. The average Bonchev–Trinajstić information content (AvgIpc) is 2.65. The molecule has 0 aliphatic carbocycles. The maximum atomic E-state index is 11.3. The Balaban J connectivity index is 2.20. The third-order valence-corrected chi connectivity index (χ3v) is 2.53. The van der Waals surface area contributed by atoms with Crippen LogP contribution in [-0.4, -0.2) is 24.3 Å². The van der Waals surface area contributed by atoms with Gasteiger partial charge in [0.1, 0.15) is 5.75 Å². The third kappa shape index (κ3) is 2.05. The van der Waals surface area contributed by atoms with Crippen molar-refractivity contribution in [3.05, 3.63) is 29.8 Å². The summed E-state index contributed by atoms with van der Waals surface area (Å²) in [6.07, 6.45) is 0.172. The van der Waals surface area contributed by atoms with E-state index in [2.05, 4.69) is 5.32 Å². The highest BCUT2D eigenvalue weighted by molar-refractivity contribution is 5.97. The molecule has 1 aromatic carbocycles. The van der Waals surface area contributed by atoms with E-state index in [1.54, 1.807) is 24.3 Å². The largest absolute Gasteiger partial charge is 0.480 e. The van der Waals surface area contributed by atoms with Gasteiger partial charge in [-0.25, -0.2) is 0 Å². The first kappa shape index (κ1) is 10.7. The van der Waals surface area contributed by atoms with Gasteiger partial charge in [0.05, 0.1) is 5.56 Å². The van der Waals surface area contributed by atoms with E-state index >= 15 is 0 Å². The van der Waals surface area contributed by atoms with Crippen LogP contribution in [0.5, 0.6) is 5.75 Å². The monoisotopic (exact) mass is 219 g/mol. The first-order valence-electron chi connectivity index (χ1n) is 5.23. The van der Waals surface area contributed by atoms with Crippen LogP contribution in [0.4, 0.5) is 0 Å². The Morgan fingerprint density at radius 3 is 2.81 bits per heavy atom. The zero-order chi connectivity index (χ0) is 11.5. The number of benzene rings is 1. The summed E-state index contributed by atoms with van der Waals surface area (Å²) >= 11 is 0. The average molecular weight is 219 g/mol. The molecule has 1 aliphatic heterocycles. The molecule has 2 rings (SSSR count). The van der Waals surface area contributed by atoms with E-state index in [1.165, 1.54) is 6.92 Å². The molecule has 1 N–H and O–H groups in total. The normalized spacial score (nSPS) is 19.3. The van der Waals surface area contributed by atoms with E-state index in [0.29, 0.717) is 24.3 Å². The van der Waals surface area contributed by atoms with Crippen molar-refractivity contribution >= 4 is 11.7 Å². The molecule has 1 aliphatic rings. The minimum absolute atomic E-state index is 0.0611. The molecule has 4 heteroatoms. The van der Waals surface area contributed by atoms with Gasteiger partial charge in [0.25, 0.3) is 5.91 Å². The van der Waals surface area contributed by atoms with E-state index in [0.717, 1.165) is 0 Å². The topological polar surface area (TPSA) is 55.4 Å². The lowest BCUT2D eigenvalue weighted by Gasteiger charge is -2.13. The minimum Gasteiger partial charge on any atom is -0.480 e. The summed E-state index contributed by atoms with van der Waals surface area (Å²) in [5, 5.41) is 2.69. The number of carbonyl (C=O) groups excluding carboxylic acids is 2. The smallest absolute Gasteiger partial charge is 0.261 e. The number of nitrogens with one attached hydrogen (secondary N) is 1. The maximum absolute atomic E-state index is 11.3. The van der Waals surface area contributed by atoms with Crippen molar-refractivity contribution in [2.75, 3.05) is 6.54 Å². The predicted molar refractivity (Wildman–Crippen MR) is 58.5 cm³/mol. The third-order valence-electron chi connectivity index (χ3n) is 2.53. The van der Waals surface area contributed by atoms with Crippen molar-refractivity contribution in [1.29, 1.82) is 0 Å². The zero-order valence-electron chi connectivity index (χ0n) is 9.03. The van der Waals surface area contributed by atoms with Gasteiger partial charge in [-0.2, -0.15) is 0 Å². The highest BCUT2D eigenvalue weighted by atomic mass is 16.5. The second kappa shape index (κ2) is 4.35. The van der Waals surface area contributed by atoms with Gasteiger partial charge in [-0.3, -0.25) is 9.59 Å². The van der Waals surface area contributed by atoms with E-state index in [1.807, 2.05) is 0 Å². The molecular formula is C12H13NO3. The predicted octanol–water partition coefficient (Wildman–Crippen LogP) is 1.16. The Morgan fingerprint density at radius 1 is 1.44 bits per heavy atom. The van der Waals surface area contributed by atoms with Crippen LogP contribution in [0, 0.1) is 0 Å². The van der Waals surface area contributed by atoms with Crippen molar-refractivity contribution in [2.24, 2.45) is 0 Å². The maximum Gasteiger partial charge on any atom is 0.261 e. The number of rotatable bonds is 3. The summed E-state index contributed by atoms with van der Waals surface area (Å²) in [7, 11) is 0. The molecule has 0 bridgehead atoms. The van der Waals surface area contributed by atoms with Crippen molar-refractivity contribution in [3.63, 3.8) is 0 Å². The molecule has 1 atom stereocenters. The fourth-order valence-electron chi connectivity index (χ4n) is 1.70. The first-order valence-corrected chi connectivity index (χ1v) is 5.23. The molecule has 1 amide bonds. The Hall–Kier alpha value is -1.84. The summed E-state index contributed by atoms with van der Waals surface area (Å²) in [6, 6.07) is 6.97. The van der Waals surface area contributed by atoms with E-state index < -0.39 is 6.10 Å². The lowest BCUT2D eigenvalue weighted by molar-refractivity contribution is -0.124. The lowest BCUT2D eigenvalue weighted by Crippen LogP contribution is -2.28. The van der Waals surface area contributed by atoms with Gasteiger partial charge in [0.2, 0.25) is 0 Å². The van der Waals surface area contributed by atoms with Crippen LogP contribution < -0.4 is 10.1 Å². The van der Waals surface area contributed by atoms with Gasteiger partial charge in [-0.15, -0.1) is 0 Å². The number of hydrogen-bond donors (Lipinski definition) is 1. The fourth-order valence-corrected chi connectivity index (χ4v) is 1.70. The standard InChI is InChI=1S/C12H13NO3/c1-8(14)9-4-2-3-5-10(9)16-11-6-7-13-12(11)15/h2-5,11H,6-7H2,1H3,(H,13,15). The van der Waals surface area contributed by atoms with Crippen molar-refractivity contribution < 1.29 is 14.3 Å². The van der Waals surface area contributed by atoms with Gasteiger partial charge in [-0.1, -0.05) is 12.1 Å². The van der Waals surface area contributed by atoms with Crippen LogP contribution in [0.25, 0.3) is 0 Å². The summed E-state index contributed by atoms with van der Waals surface area (Å²) < 4.78 is 5.55. The summed E-state index contributed by atoms with van der Waals surface area (Å²) in [6.45, 7) is 2.11. The SMILES string of the molecule is CC(=O)c1ccccc1OC1CCNC1=O. The van der Waals surface area contributed by atoms with Crippen molar-refractivity contribution in [1.82, 2.24) is 5.32 Å². The molecule has 0 aromatic heterocycles. The number of Topliss-reactive ketones (excluding diaryl/α,β-unsaturated/α-hetero) is 1. The Labute approximate surface area is 93.6 Å². The van der Waals surface area contributed by atoms with E-state index in [9.17, 15) is 9.59 Å². The van der Waals surface area contributed by atoms with Gasteiger partial charge in [0.15, 0.2) is 11.9 Å². The van der Waals surface area contributed by atoms with Crippen LogP contribution in [0.2, 0.25) is 0 Å². The van der Waals surface area contributed by atoms with Crippen molar-refractivity contribution in [3.8, 4) is 5.75 Å². The van der Waals surface area contributed by atoms with E-state index in [-0.39, 0.29) is 11.7 Å². The molecule has 0 radical (unpaired) electrons. The molecule has 0 saturated carbocycles. The van der Waals surface area contributed by atoms with Crippen LogP contribution in [0.15, 0.2) is 24.3 Å². The van der Waals surface area contributed by atoms with Crippen molar-refractivity contribution in [2.45, 2.75) is 19.4 Å². The molecule has 1 saturated heterocycles. The number of amides is 1. The molecule has 16 heavy (non-hydrogen) atoms. The highest BCUT2D eigenvalue weighted by Crippen LogP contribution is 2.21. The minimum atomic E-state index is -0.472. The number of ether oxygens (including phenoxy) is 1. The van der Waals surface area contributed by atoms with Gasteiger partial charge in [-0.05, 0) is 19.1 Å². The molecule has 1 heterocycles. The summed E-state index contributed by atoms with van der Waals surface area (Å²) in [4.78, 5) is 22.7. The quantitative estimate of drug-likeness (QED) is 0.776.